The zero-order valence-corrected chi connectivity index (χ0v) is 22.0. The number of aromatic nitrogens is 2. The first-order valence-electron chi connectivity index (χ1n) is 12.6. The second kappa shape index (κ2) is 10.0. The van der Waals surface area contributed by atoms with Gasteiger partial charge >= 0.3 is 6.09 Å². The number of nitrogens with zero attached hydrogens (tertiary/aromatic N) is 5. The van der Waals surface area contributed by atoms with E-state index in [1.165, 1.54) is 11.1 Å². The summed E-state index contributed by atoms with van der Waals surface area (Å²) in [5, 5.41) is 4.72. The molecule has 35 heavy (non-hydrogen) atoms. The van der Waals surface area contributed by atoms with Gasteiger partial charge in [-0.2, -0.15) is 5.10 Å². The number of piperidine rings is 1. The maximum absolute atomic E-state index is 13.6. The third-order valence-corrected chi connectivity index (χ3v) is 7.10. The number of benzene rings is 1. The van der Waals surface area contributed by atoms with Crippen molar-refractivity contribution in [2.45, 2.75) is 59.0 Å². The van der Waals surface area contributed by atoms with Crippen LogP contribution in [0.1, 0.15) is 66.7 Å². The van der Waals surface area contributed by atoms with Crippen LogP contribution in [0.4, 0.5) is 4.79 Å². The minimum absolute atomic E-state index is 0.0535. The zero-order valence-electron chi connectivity index (χ0n) is 22.0. The Hall–Kier alpha value is -2.87. The Balaban J connectivity index is 1.62. The fourth-order valence-electron chi connectivity index (χ4n) is 4.82. The summed E-state index contributed by atoms with van der Waals surface area (Å²) in [5.41, 5.74) is 4.51. The van der Waals surface area contributed by atoms with Gasteiger partial charge in [-0.1, -0.05) is 6.07 Å². The Bertz CT molecular complexity index is 1070. The maximum Gasteiger partial charge on any atom is 0.410 e. The lowest BCUT2D eigenvalue weighted by Gasteiger charge is -2.35. The molecule has 8 nitrogen and oxygen atoms in total. The van der Waals surface area contributed by atoms with Gasteiger partial charge in [0.25, 0.3) is 5.91 Å². The number of rotatable bonds is 3. The van der Waals surface area contributed by atoms with Crippen LogP contribution in [0.25, 0.3) is 5.69 Å². The van der Waals surface area contributed by atoms with Crippen LogP contribution in [0.5, 0.6) is 0 Å². The number of hydrogen-bond acceptors (Lipinski definition) is 5. The van der Waals surface area contributed by atoms with Crippen molar-refractivity contribution < 1.29 is 14.3 Å². The van der Waals surface area contributed by atoms with Crippen molar-refractivity contribution in [3.8, 4) is 5.69 Å². The molecule has 0 radical (unpaired) electrons. The molecule has 1 aromatic carbocycles. The molecule has 2 aliphatic rings. The van der Waals surface area contributed by atoms with Crippen molar-refractivity contribution in [3.63, 3.8) is 0 Å². The third kappa shape index (κ3) is 5.69. The fourth-order valence-corrected chi connectivity index (χ4v) is 4.82. The van der Waals surface area contributed by atoms with E-state index in [1.807, 2.05) is 30.4 Å². The average Bonchev–Trinajstić information content (AvgIpc) is 3.25. The van der Waals surface area contributed by atoms with Crippen LogP contribution in [0.3, 0.4) is 0 Å². The summed E-state index contributed by atoms with van der Waals surface area (Å²) in [6, 6.07) is 6.30. The molecule has 190 valence electrons. The van der Waals surface area contributed by atoms with E-state index in [0.29, 0.717) is 18.7 Å². The molecule has 0 atom stereocenters. The summed E-state index contributed by atoms with van der Waals surface area (Å²) in [4.78, 5) is 32.2. The monoisotopic (exact) mass is 481 g/mol. The number of likely N-dealkylation sites (tertiary alicyclic amines) is 1. The van der Waals surface area contributed by atoms with Gasteiger partial charge in [0.2, 0.25) is 0 Å². The fraction of sp³-hybridized carbons (Fsp3) is 0.593. The van der Waals surface area contributed by atoms with E-state index < -0.39 is 5.60 Å². The van der Waals surface area contributed by atoms with Crippen molar-refractivity contribution in [2.24, 2.45) is 0 Å². The number of piperazine rings is 1. The molecule has 0 bridgehead atoms. The summed E-state index contributed by atoms with van der Waals surface area (Å²) < 4.78 is 7.52. The number of carbonyl (C=O) groups is 2. The van der Waals surface area contributed by atoms with Crippen molar-refractivity contribution in [3.05, 3.63) is 46.8 Å². The molecule has 4 rings (SSSR count). The molecule has 3 heterocycles. The van der Waals surface area contributed by atoms with Gasteiger partial charge in [-0.25, -0.2) is 9.48 Å². The molecule has 2 amide bonds. The molecule has 0 saturated carbocycles. The van der Waals surface area contributed by atoms with Crippen molar-refractivity contribution >= 4 is 12.0 Å². The number of ether oxygens (including phenoxy) is 1. The Morgan fingerprint density at radius 2 is 1.60 bits per heavy atom. The van der Waals surface area contributed by atoms with E-state index >= 15 is 0 Å². The van der Waals surface area contributed by atoms with E-state index in [9.17, 15) is 9.59 Å². The lowest BCUT2D eigenvalue weighted by molar-refractivity contribution is 0.0202. The topological polar surface area (TPSA) is 70.9 Å². The highest BCUT2D eigenvalue weighted by Gasteiger charge is 2.33. The van der Waals surface area contributed by atoms with Crippen molar-refractivity contribution in [1.29, 1.82) is 0 Å². The second-order valence-corrected chi connectivity index (χ2v) is 11.0. The molecule has 0 aliphatic carbocycles. The molecule has 8 heteroatoms. The predicted molar refractivity (Wildman–Crippen MR) is 136 cm³/mol. The lowest BCUT2D eigenvalue weighted by atomic mass is 9.90. The number of aryl methyl sites for hydroxylation is 2. The molecule has 1 aromatic heterocycles. The Labute approximate surface area is 208 Å². The molecule has 2 fully saturated rings. The normalized spacial score (nSPS) is 18.1. The lowest BCUT2D eigenvalue weighted by Crippen LogP contribution is -2.47. The van der Waals surface area contributed by atoms with Crippen molar-refractivity contribution in [2.75, 3.05) is 46.3 Å². The molecule has 0 unspecified atom stereocenters. The zero-order chi connectivity index (χ0) is 25.3. The molecule has 0 N–H and O–H groups in total. The second-order valence-electron chi connectivity index (χ2n) is 11.0. The van der Waals surface area contributed by atoms with Crippen LogP contribution in [0.2, 0.25) is 0 Å². The van der Waals surface area contributed by atoms with Crippen LogP contribution >= 0.6 is 0 Å². The number of hydrogen-bond donors (Lipinski definition) is 0. The number of likely N-dealkylation sites (N-methyl/N-ethyl adjacent to an activating group) is 1. The van der Waals surface area contributed by atoms with E-state index in [-0.39, 0.29) is 17.9 Å². The maximum atomic E-state index is 13.6. The van der Waals surface area contributed by atoms with Gasteiger partial charge < -0.3 is 19.4 Å². The van der Waals surface area contributed by atoms with Crippen LogP contribution in [-0.2, 0) is 4.74 Å². The first kappa shape index (κ1) is 25.2. The predicted octanol–water partition coefficient (Wildman–Crippen LogP) is 3.99. The molecule has 2 saturated heterocycles. The van der Waals surface area contributed by atoms with E-state index in [2.05, 4.69) is 44.0 Å². The van der Waals surface area contributed by atoms with Crippen LogP contribution in [0.15, 0.2) is 24.4 Å². The Kier molecular flexibility index (Phi) is 7.22. The Morgan fingerprint density at radius 1 is 0.943 bits per heavy atom. The van der Waals surface area contributed by atoms with Gasteiger partial charge in [-0.15, -0.1) is 0 Å². The summed E-state index contributed by atoms with van der Waals surface area (Å²) in [6.45, 7) is 14.2. The molecule has 2 aromatic rings. The van der Waals surface area contributed by atoms with Gasteiger partial charge in [-0.05, 0) is 77.8 Å². The molecular weight excluding hydrogens is 442 g/mol. The van der Waals surface area contributed by atoms with Crippen LogP contribution in [0, 0.1) is 13.8 Å². The summed E-state index contributed by atoms with van der Waals surface area (Å²) in [7, 11) is 2.09. The van der Waals surface area contributed by atoms with Crippen LogP contribution in [-0.4, -0.2) is 88.4 Å². The first-order valence-corrected chi connectivity index (χ1v) is 12.6. The highest BCUT2D eigenvalue weighted by atomic mass is 16.6. The Morgan fingerprint density at radius 3 is 2.20 bits per heavy atom. The highest BCUT2D eigenvalue weighted by molar-refractivity contribution is 5.95. The molecular formula is C27H39N5O3. The van der Waals surface area contributed by atoms with Gasteiger partial charge in [0, 0.05) is 45.2 Å². The van der Waals surface area contributed by atoms with Gasteiger partial charge in [0.1, 0.15) is 5.60 Å². The van der Waals surface area contributed by atoms with Crippen LogP contribution < -0.4 is 0 Å². The quantitative estimate of drug-likeness (QED) is 0.663. The largest absolute Gasteiger partial charge is 0.444 e. The summed E-state index contributed by atoms with van der Waals surface area (Å²) in [6.07, 6.45) is 3.00. The van der Waals surface area contributed by atoms with Gasteiger partial charge in [0.15, 0.2) is 0 Å². The standard InChI is InChI=1S/C27H39N5O3/c1-19-7-8-22(17-20(19)2)32-24(21-9-11-31(12-10-21)26(34)35-27(3,4)5)23(18-28-32)25(33)30-15-13-29(6)14-16-30/h7-8,17-18,21H,9-16H2,1-6H3. The minimum Gasteiger partial charge on any atom is -0.444 e. The smallest absolute Gasteiger partial charge is 0.410 e. The summed E-state index contributed by atoms with van der Waals surface area (Å²) >= 11 is 0. The van der Waals surface area contributed by atoms with Gasteiger partial charge in [0.05, 0.1) is 23.1 Å². The summed E-state index contributed by atoms with van der Waals surface area (Å²) in [5.74, 6) is 0.182. The molecule has 0 spiro atoms. The van der Waals surface area contributed by atoms with E-state index in [0.717, 1.165) is 50.4 Å². The highest BCUT2D eigenvalue weighted by Crippen LogP contribution is 2.33. The van der Waals surface area contributed by atoms with Gasteiger partial charge in [-0.3, -0.25) is 4.79 Å². The molecule has 2 aliphatic heterocycles. The SMILES string of the molecule is Cc1ccc(-n2ncc(C(=O)N3CCN(C)CC3)c2C2CCN(C(=O)OC(C)(C)C)CC2)cc1C. The number of carbonyl (C=O) groups excluding carboxylic acids is 2. The average molecular weight is 482 g/mol. The first-order chi connectivity index (χ1) is 16.5. The number of amides is 2. The van der Waals surface area contributed by atoms with Crippen molar-refractivity contribution in [1.82, 2.24) is 24.5 Å². The minimum atomic E-state index is -0.516. The van der Waals surface area contributed by atoms with E-state index in [4.69, 9.17) is 9.84 Å². The van der Waals surface area contributed by atoms with E-state index in [1.54, 1.807) is 11.1 Å². The third-order valence-electron chi connectivity index (χ3n) is 7.10.